The van der Waals surface area contributed by atoms with Gasteiger partial charge in [0, 0.05) is 0 Å². The fourth-order valence-corrected chi connectivity index (χ4v) is 3.06. The van der Waals surface area contributed by atoms with Crippen LogP contribution in [0.3, 0.4) is 0 Å². The molecule has 1 saturated carbocycles. The second-order valence-electron chi connectivity index (χ2n) is 6.44. The van der Waals surface area contributed by atoms with Gasteiger partial charge in [0.05, 0.1) is 0 Å². The van der Waals surface area contributed by atoms with Gasteiger partial charge in [-0.25, -0.2) is 12.1 Å². The molecule has 3 heteroatoms. The maximum absolute atomic E-state index is 3.45. The molecule has 0 N–H and O–H groups in total. The van der Waals surface area contributed by atoms with E-state index in [0.29, 0.717) is 0 Å². The number of rotatable bonds is 0. The van der Waals surface area contributed by atoms with E-state index in [2.05, 4.69) is 50.2 Å². The number of halogens is 2. The normalized spacial score (nSPS) is 12.1. The predicted octanol–water partition coefficient (Wildman–Crippen LogP) is -0.412. The predicted molar refractivity (Wildman–Crippen MR) is 99.3 cm³/mol. The molecule has 5 rings (SSSR count). The summed E-state index contributed by atoms with van der Waals surface area (Å²) in [6, 6.07) is 24.5. The summed E-state index contributed by atoms with van der Waals surface area (Å²) >= 11 is 1.66. The molecule has 0 amide bonds. The summed E-state index contributed by atoms with van der Waals surface area (Å²) in [6.07, 6.45) is 3.94. The quantitative estimate of drug-likeness (QED) is 0.313. The summed E-state index contributed by atoms with van der Waals surface area (Å²) in [7, 11) is 0. The van der Waals surface area contributed by atoms with Crippen LogP contribution >= 0.6 is 0 Å². The fraction of sp³-hybridized carbons (Fsp3) is 0.217. The van der Waals surface area contributed by atoms with Gasteiger partial charge in [-0.2, -0.15) is 42.0 Å². The molecule has 0 aromatic heterocycles. The Bertz CT molecular complexity index is 763. The Morgan fingerprint density at radius 3 is 2.08 bits per heavy atom. The molecule has 1 fully saturated rings. The van der Waals surface area contributed by atoms with Crippen LogP contribution in [0, 0.1) is 19.9 Å². The maximum Gasteiger partial charge on any atom is -0.172 e. The van der Waals surface area contributed by atoms with Crippen molar-refractivity contribution in [3.05, 3.63) is 89.0 Å². The van der Waals surface area contributed by atoms with Crippen LogP contribution in [-0.2, 0) is 30.7 Å². The summed E-state index contributed by atoms with van der Waals surface area (Å²) < 4.78 is 1.76. The minimum absolute atomic E-state index is 0. The van der Waals surface area contributed by atoms with E-state index in [1.807, 2.05) is 30.3 Å². The Balaban J connectivity index is 0.000000255. The van der Waals surface area contributed by atoms with Crippen molar-refractivity contribution in [3.63, 3.8) is 0 Å². The van der Waals surface area contributed by atoms with E-state index in [0.717, 1.165) is 6.42 Å². The van der Waals surface area contributed by atoms with Gasteiger partial charge in [-0.3, -0.25) is 0 Å². The molecule has 3 aromatic carbocycles. The van der Waals surface area contributed by atoms with E-state index in [9.17, 15) is 0 Å². The Kier molecular flexibility index (Phi) is 9.87. The van der Waals surface area contributed by atoms with Crippen molar-refractivity contribution in [1.29, 1.82) is 0 Å². The molecule has 0 radical (unpaired) electrons. The van der Waals surface area contributed by atoms with Crippen LogP contribution in [0.2, 0.25) is 0 Å². The molecule has 26 heavy (non-hydrogen) atoms. The number of hydrogen-bond donors (Lipinski definition) is 0. The smallest absolute Gasteiger partial charge is 0.172 e. The molecule has 0 bridgehead atoms. The zero-order valence-corrected chi connectivity index (χ0v) is 19.1. The largest absolute Gasteiger partial charge is 0.214 e. The van der Waals surface area contributed by atoms with Crippen molar-refractivity contribution in [3.8, 4) is 11.1 Å². The molecule has 0 nitrogen and oxygen atoms in total. The molecular weight excluding hydrogens is 438 g/mol. The van der Waals surface area contributed by atoms with Gasteiger partial charge in [-0.15, -0.1) is 11.1 Å². The molecule has 2 aliphatic rings. The van der Waals surface area contributed by atoms with Crippen LogP contribution < -0.4 is 24.8 Å². The topological polar surface area (TPSA) is 0 Å². The number of benzene rings is 2. The summed E-state index contributed by atoms with van der Waals surface area (Å²) in [5, 5.41) is 0. The molecule has 0 heterocycles. The zero-order valence-electron chi connectivity index (χ0n) is 15.2. The van der Waals surface area contributed by atoms with Gasteiger partial charge in [0.1, 0.15) is 0 Å². The minimum atomic E-state index is 0. The van der Waals surface area contributed by atoms with Gasteiger partial charge in [-0.1, -0.05) is 36.2 Å². The van der Waals surface area contributed by atoms with Crippen LogP contribution in [-0.4, -0.2) is 3.21 Å². The Morgan fingerprint density at radius 2 is 1.54 bits per heavy atom. The minimum Gasteiger partial charge on any atom is -0.214 e. The summed E-state index contributed by atoms with van der Waals surface area (Å²) in [4.78, 5) is 0. The fourth-order valence-electron chi connectivity index (χ4n) is 2.75. The van der Waals surface area contributed by atoms with Crippen LogP contribution in [0.25, 0.3) is 11.1 Å². The van der Waals surface area contributed by atoms with Crippen LogP contribution in [0.15, 0.2) is 60.7 Å². The Morgan fingerprint density at radius 1 is 0.923 bits per heavy atom. The Hall–Kier alpha value is -0.877. The number of fused-ring (bicyclic) bond motifs is 3. The molecule has 0 saturated heterocycles. The summed E-state index contributed by atoms with van der Waals surface area (Å²) in [5.74, 6) is 0. The van der Waals surface area contributed by atoms with Gasteiger partial charge in [0.25, 0.3) is 0 Å². The standard InChI is InChI=1S/C15H13.C5H5.C3H4.2ClH.Zr/c1-10-3-5-14-12(7-10)9-13-8-11(2)4-6-15(13)14;1-2-4-5-3-1;1-2-3-1;;;/h3-7H,9H2,1-2H3;1-5H;1-2H2;2*1H;/q2*-1;;;;+2/p-2. The number of aryl methyl sites for hydroxylation is 2. The third-order valence-corrected chi connectivity index (χ3v) is 5.38. The SMILES string of the molecule is Cc1[c-]c2c(cc1)-c1ccc(C)cc1C2.[Cl-].[Cl-].[Zr+2]=[C]1CC1.c1cc[cH-]c1. The first-order chi connectivity index (χ1) is 11.6. The molecule has 0 spiro atoms. The van der Waals surface area contributed by atoms with Crippen LogP contribution in [0.5, 0.6) is 0 Å². The van der Waals surface area contributed by atoms with Crippen molar-refractivity contribution in [1.82, 2.24) is 0 Å². The average Bonchev–Trinajstić information content (AvgIpc) is 3.06. The molecule has 3 aromatic rings. The van der Waals surface area contributed by atoms with E-state index in [1.54, 1.807) is 27.4 Å². The van der Waals surface area contributed by atoms with Gasteiger partial charge >= 0.3 is 40.3 Å². The maximum atomic E-state index is 3.45. The van der Waals surface area contributed by atoms with Gasteiger partial charge in [-0.05, 0) is 18.9 Å². The van der Waals surface area contributed by atoms with E-state index >= 15 is 0 Å². The second-order valence-corrected chi connectivity index (χ2v) is 8.17. The van der Waals surface area contributed by atoms with Gasteiger partial charge in [0.2, 0.25) is 0 Å². The first-order valence-electron chi connectivity index (χ1n) is 8.48. The van der Waals surface area contributed by atoms with Gasteiger partial charge in [0.15, 0.2) is 0 Å². The molecule has 2 aliphatic carbocycles. The van der Waals surface area contributed by atoms with E-state index in [-0.39, 0.29) is 24.8 Å². The average molecular weight is 461 g/mol. The van der Waals surface area contributed by atoms with E-state index < -0.39 is 0 Å². The molecule has 0 unspecified atom stereocenters. The van der Waals surface area contributed by atoms with Gasteiger partial charge < -0.3 is 24.8 Å². The van der Waals surface area contributed by atoms with E-state index in [4.69, 9.17) is 0 Å². The molecule has 0 atom stereocenters. The van der Waals surface area contributed by atoms with Crippen molar-refractivity contribution in [2.45, 2.75) is 33.1 Å². The van der Waals surface area contributed by atoms with E-state index in [1.165, 1.54) is 46.2 Å². The van der Waals surface area contributed by atoms with Crippen molar-refractivity contribution in [2.75, 3.05) is 0 Å². The Labute approximate surface area is 184 Å². The van der Waals surface area contributed by atoms with Crippen molar-refractivity contribution in [2.24, 2.45) is 0 Å². The third kappa shape index (κ3) is 6.69. The number of hydrogen-bond acceptors (Lipinski definition) is 0. The molecule has 0 aliphatic heterocycles. The third-order valence-electron chi connectivity index (χ3n) is 4.15. The summed E-state index contributed by atoms with van der Waals surface area (Å²) in [5.41, 5.74) is 8.15. The zero-order chi connectivity index (χ0) is 16.9. The first kappa shape index (κ1) is 23.2. The van der Waals surface area contributed by atoms with Crippen molar-refractivity contribution >= 4 is 3.21 Å². The van der Waals surface area contributed by atoms with Crippen LogP contribution in [0.1, 0.15) is 35.1 Å². The summed E-state index contributed by atoms with van der Waals surface area (Å²) in [6.45, 7) is 4.26. The second kappa shape index (κ2) is 11.1. The molecular formula is C23H22Cl2Zr-2. The first-order valence-corrected chi connectivity index (χ1v) is 9.71. The monoisotopic (exact) mass is 458 g/mol. The molecule has 134 valence electrons. The van der Waals surface area contributed by atoms with Crippen LogP contribution in [0.4, 0.5) is 0 Å². The van der Waals surface area contributed by atoms with Crippen molar-refractivity contribution < 1.29 is 49.0 Å².